The smallest absolute Gasteiger partial charge is 0.260 e. The summed E-state index contributed by atoms with van der Waals surface area (Å²) < 4.78 is 0. The quantitative estimate of drug-likeness (QED) is 0.693. The normalized spacial score (nSPS) is 9.69. The first-order valence-corrected chi connectivity index (χ1v) is 4.13. The van der Waals surface area contributed by atoms with Crippen molar-refractivity contribution in [1.82, 2.24) is 10.3 Å². The molecule has 0 unspecified atom stereocenters. The van der Waals surface area contributed by atoms with E-state index in [0.29, 0.717) is 6.54 Å². The second kappa shape index (κ2) is 3.89. The number of amides is 1. The van der Waals surface area contributed by atoms with E-state index in [1.807, 2.05) is 0 Å². The number of hydrogen-bond acceptors (Lipinski definition) is 2. The van der Waals surface area contributed by atoms with Gasteiger partial charge in [-0.05, 0) is 26.0 Å². The summed E-state index contributed by atoms with van der Waals surface area (Å²) in [7, 11) is 0. The zero-order valence-corrected chi connectivity index (χ0v) is 7.68. The lowest BCUT2D eigenvalue weighted by Gasteiger charge is -2.00. The molecular weight excluding hydrogens is 168 g/mol. The minimum absolute atomic E-state index is 0.160. The van der Waals surface area contributed by atoms with Crippen LogP contribution in [0.15, 0.2) is 16.9 Å². The summed E-state index contributed by atoms with van der Waals surface area (Å²) in [5, 5.41) is 2.56. The van der Waals surface area contributed by atoms with E-state index in [1.165, 1.54) is 6.07 Å². The Morgan fingerprint density at radius 2 is 2.23 bits per heavy atom. The standard InChI is InChI=1S/C9H12N2O2/c1-3-10-8(12)7-5-4-6(2)11-9(7)13/h4-5H,3H2,1-2H3,(H,10,12)(H,11,13). The number of carbonyl (C=O) groups excluding carboxylic acids is 1. The molecule has 4 heteroatoms. The Balaban J connectivity index is 3.02. The predicted octanol–water partition coefficient (Wildman–Crippen LogP) is 0.433. The molecule has 1 aromatic heterocycles. The van der Waals surface area contributed by atoms with Gasteiger partial charge in [-0.1, -0.05) is 0 Å². The van der Waals surface area contributed by atoms with Gasteiger partial charge < -0.3 is 10.3 Å². The fraction of sp³-hybridized carbons (Fsp3) is 0.333. The van der Waals surface area contributed by atoms with Crippen molar-refractivity contribution in [3.05, 3.63) is 33.7 Å². The third kappa shape index (κ3) is 2.18. The summed E-state index contributed by atoms with van der Waals surface area (Å²) in [6.45, 7) is 4.09. The highest BCUT2D eigenvalue weighted by Crippen LogP contribution is 1.92. The first kappa shape index (κ1) is 9.51. The minimum atomic E-state index is -0.342. The Morgan fingerprint density at radius 1 is 1.54 bits per heavy atom. The number of aromatic nitrogens is 1. The van der Waals surface area contributed by atoms with Crippen molar-refractivity contribution in [3.63, 3.8) is 0 Å². The Bertz CT molecular complexity index is 368. The maximum absolute atomic E-state index is 11.2. The molecule has 0 aliphatic carbocycles. The van der Waals surface area contributed by atoms with Crippen molar-refractivity contribution in [3.8, 4) is 0 Å². The van der Waals surface area contributed by atoms with E-state index < -0.39 is 0 Å². The average Bonchev–Trinajstić information content (AvgIpc) is 2.04. The molecule has 0 aliphatic heterocycles. The molecular formula is C9H12N2O2. The number of H-pyrrole nitrogens is 1. The van der Waals surface area contributed by atoms with Crippen LogP contribution in [0.25, 0.3) is 0 Å². The zero-order chi connectivity index (χ0) is 9.84. The minimum Gasteiger partial charge on any atom is -0.352 e. The van der Waals surface area contributed by atoms with Gasteiger partial charge in [0.2, 0.25) is 0 Å². The first-order valence-electron chi connectivity index (χ1n) is 4.13. The third-order valence-electron chi connectivity index (χ3n) is 1.64. The topological polar surface area (TPSA) is 62.0 Å². The molecule has 0 fully saturated rings. The molecule has 0 saturated heterocycles. The summed E-state index contributed by atoms with van der Waals surface area (Å²) in [5.74, 6) is -0.330. The van der Waals surface area contributed by atoms with Crippen LogP contribution in [0.3, 0.4) is 0 Å². The molecule has 0 spiro atoms. The number of pyridine rings is 1. The number of rotatable bonds is 2. The van der Waals surface area contributed by atoms with Crippen LogP contribution >= 0.6 is 0 Å². The Hall–Kier alpha value is -1.58. The van der Waals surface area contributed by atoms with Gasteiger partial charge in [0.25, 0.3) is 11.5 Å². The summed E-state index contributed by atoms with van der Waals surface area (Å²) in [4.78, 5) is 25.0. The van der Waals surface area contributed by atoms with Crippen LogP contribution in [0.4, 0.5) is 0 Å². The Kier molecular flexibility index (Phi) is 2.84. The molecule has 2 N–H and O–H groups in total. The van der Waals surface area contributed by atoms with Gasteiger partial charge in [-0.2, -0.15) is 0 Å². The van der Waals surface area contributed by atoms with Crippen molar-refractivity contribution < 1.29 is 4.79 Å². The number of carbonyl (C=O) groups is 1. The SMILES string of the molecule is CCNC(=O)c1ccc(C)[nH]c1=O. The molecule has 0 radical (unpaired) electrons. The van der Waals surface area contributed by atoms with E-state index >= 15 is 0 Å². The first-order chi connectivity index (χ1) is 6.15. The maximum Gasteiger partial charge on any atom is 0.260 e. The van der Waals surface area contributed by atoms with Crippen molar-refractivity contribution in [2.24, 2.45) is 0 Å². The predicted molar refractivity (Wildman–Crippen MR) is 49.8 cm³/mol. The summed E-state index contributed by atoms with van der Waals surface area (Å²) in [6, 6.07) is 3.23. The molecule has 0 saturated carbocycles. The number of aromatic amines is 1. The molecule has 1 amide bonds. The number of hydrogen-bond donors (Lipinski definition) is 2. The van der Waals surface area contributed by atoms with E-state index in [4.69, 9.17) is 0 Å². The summed E-state index contributed by atoms with van der Waals surface area (Å²) >= 11 is 0. The van der Waals surface area contributed by atoms with Gasteiger partial charge >= 0.3 is 0 Å². The van der Waals surface area contributed by atoms with Crippen LogP contribution in [-0.2, 0) is 0 Å². The van der Waals surface area contributed by atoms with Crippen LogP contribution < -0.4 is 10.9 Å². The molecule has 1 aromatic rings. The third-order valence-corrected chi connectivity index (χ3v) is 1.64. The lowest BCUT2D eigenvalue weighted by Crippen LogP contribution is -2.29. The van der Waals surface area contributed by atoms with Gasteiger partial charge in [0.15, 0.2) is 0 Å². The van der Waals surface area contributed by atoms with E-state index in [-0.39, 0.29) is 17.0 Å². The molecule has 0 aliphatic rings. The van der Waals surface area contributed by atoms with E-state index in [1.54, 1.807) is 19.9 Å². The largest absolute Gasteiger partial charge is 0.352 e. The number of nitrogens with one attached hydrogen (secondary N) is 2. The highest BCUT2D eigenvalue weighted by Gasteiger charge is 2.07. The Morgan fingerprint density at radius 3 is 2.77 bits per heavy atom. The fourth-order valence-corrected chi connectivity index (χ4v) is 1.01. The molecule has 1 heterocycles. The highest BCUT2D eigenvalue weighted by molar-refractivity contribution is 5.93. The second-order valence-electron chi connectivity index (χ2n) is 2.74. The van der Waals surface area contributed by atoms with Crippen molar-refractivity contribution in [2.75, 3.05) is 6.54 Å². The van der Waals surface area contributed by atoms with Gasteiger partial charge in [-0.25, -0.2) is 0 Å². The van der Waals surface area contributed by atoms with Gasteiger partial charge in [-0.3, -0.25) is 9.59 Å². The summed E-state index contributed by atoms with van der Waals surface area (Å²) in [5.41, 5.74) is 0.566. The zero-order valence-electron chi connectivity index (χ0n) is 7.68. The molecule has 4 nitrogen and oxygen atoms in total. The fourth-order valence-electron chi connectivity index (χ4n) is 1.01. The van der Waals surface area contributed by atoms with Crippen molar-refractivity contribution in [1.29, 1.82) is 0 Å². The second-order valence-corrected chi connectivity index (χ2v) is 2.74. The molecule has 13 heavy (non-hydrogen) atoms. The monoisotopic (exact) mass is 180 g/mol. The average molecular weight is 180 g/mol. The van der Waals surface area contributed by atoms with Gasteiger partial charge in [0, 0.05) is 12.2 Å². The van der Waals surface area contributed by atoms with E-state index in [2.05, 4.69) is 10.3 Å². The molecule has 70 valence electrons. The van der Waals surface area contributed by atoms with Gasteiger partial charge in [-0.15, -0.1) is 0 Å². The van der Waals surface area contributed by atoms with Gasteiger partial charge in [0.1, 0.15) is 5.56 Å². The molecule has 0 bridgehead atoms. The molecule has 0 aromatic carbocycles. The highest BCUT2D eigenvalue weighted by atomic mass is 16.2. The van der Waals surface area contributed by atoms with Crippen LogP contribution in [0.1, 0.15) is 23.0 Å². The van der Waals surface area contributed by atoms with Crippen molar-refractivity contribution in [2.45, 2.75) is 13.8 Å². The van der Waals surface area contributed by atoms with Gasteiger partial charge in [0.05, 0.1) is 0 Å². The van der Waals surface area contributed by atoms with E-state index in [9.17, 15) is 9.59 Å². The number of aryl methyl sites for hydroxylation is 1. The van der Waals surface area contributed by atoms with Crippen LogP contribution in [-0.4, -0.2) is 17.4 Å². The molecule has 0 atom stereocenters. The van der Waals surface area contributed by atoms with E-state index in [0.717, 1.165) is 5.69 Å². The lowest BCUT2D eigenvalue weighted by atomic mass is 10.2. The van der Waals surface area contributed by atoms with Crippen molar-refractivity contribution >= 4 is 5.91 Å². The lowest BCUT2D eigenvalue weighted by molar-refractivity contribution is 0.0954. The Labute approximate surface area is 76.0 Å². The van der Waals surface area contributed by atoms with Crippen LogP contribution in [0.2, 0.25) is 0 Å². The van der Waals surface area contributed by atoms with Crippen LogP contribution in [0.5, 0.6) is 0 Å². The van der Waals surface area contributed by atoms with Crippen LogP contribution in [0, 0.1) is 6.92 Å². The summed E-state index contributed by atoms with van der Waals surface area (Å²) in [6.07, 6.45) is 0. The maximum atomic E-state index is 11.2. The molecule has 1 rings (SSSR count).